The summed E-state index contributed by atoms with van der Waals surface area (Å²) in [5, 5.41) is 3.30. The summed E-state index contributed by atoms with van der Waals surface area (Å²) in [6.45, 7) is 8.67. The fourth-order valence-corrected chi connectivity index (χ4v) is 5.26. The predicted molar refractivity (Wildman–Crippen MR) is 67.9 cm³/mol. The van der Waals surface area contributed by atoms with Crippen molar-refractivity contribution < 1.29 is 8.42 Å². The molecule has 0 bridgehead atoms. The average Bonchev–Trinajstić information content (AvgIpc) is 2.77. The SMILES string of the molecule is CCN(CC)S(=O)(=O)N1C(C)CC2CNCC21. The van der Waals surface area contributed by atoms with Crippen molar-refractivity contribution >= 4 is 10.2 Å². The number of hydrogen-bond donors (Lipinski definition) is 1. The molecule has 0 aromatic carbocycles. The average molecular weight is 261 g/mol. The van der Waals surface area contributed by atoms with E-state index in [1.54, 1.807) is 8.61 Å². The first kappa shape index (κ1) is 13.3. The van der Waals surface area contributed by atoms with Gasteiger partial charge in [-0.3, -0.25) is 0 Å². The van der Waals surface area contributed by atoms with Crippen LogP contribution in [0.25, 0.3) is 0 Å². The van der Waals surface area contributed by atoms with Gasteiger partial charge >= 0.3 is 0 Å². The summed E-state index contributed by atoms with van der Waals surface area (Å²) >= 11 is 0. The van der Waals surface area contributed by atoms with Crippen LogP contribution in [0.4, 0.5) is 0 Å². The normalized spacial score (nSPS) is 34.5. The molecule has 3 atom stereocenters. The summed E-state index contributed by atoms with van der Waals surface area (Å²) in [6, 6.07) is 0.299. The summed E-state index contributed by atoms with van der Waals surface area (Å²) in [6.07, 6.45) is 0.984. The van der Waals surface area contributed by atoms with E-state index in [0.717, 1.165) is 19.5 Å². The highest BCUT2D eigenvalue weighted by Gasteiger charge is 2.48. The molecule has 0 saturated carbocycles. The molecular weight excluding hydrogens is 238 g/mol. The molecule has 0 amide bonds. The molecule has 6 heteroatoms. The van der Waals surface area contributed by atoms with Gasteiger partial charge in [0.15, 0.2) is 0 Å². The molecule has 2 heterocycles. The van der Waals surface area contributed by atoms with Crippen molar-refractivity contribution in [2.45, 2.75) is 39.3 Å². The van der Waals surface area contributed by atoms with Crippen molar-refractivity contribution in [1.29, 1.82) is 0 Å². The summed E-state index contributed by atoms with van der Waals surface area (Å²) in [5.41, 5.74) is 0. The minimum atomic E-state index is -3.28. The Hall–Kier alpha value is -0.170. The second-order valence-corrected chi connectivity index (χ2v) is 6.83. The van der Waals surface area contributed by atoms with Gasteiger partial charge in [0, 0.05) is 31.7 Å². The van der Waals surface area contributed by atoms with Crippen LogP contribution in [0.15, 0.2) is 0 Å². The zero-order valence-corrected chi connectivity index (χ0v) is 11.7. The number of fused-ring (bicyclic) bond motifs is 1. The Morgan fingerprint density at radius 3 is 2.53 bits per heavy atom. The highest BCUT2D eigenvalue weighted by atomic mass is 32.2. The van der Waals surface area contributed by atoms with Gasteiger partial charge in [-0.1, -0.05) is 13.8 Å². The summed E-state index contributed by atoms with van der Waals surface area (Å²) < 4.78 is 28.4. The van der Waals surface area contributed by atoms with Crippen LogP contribution in [-0.4, -0.2) is 55.3 Å². The van der Waals surface area contributed by atoms with Crippen LogP contribution in [-0.2, 0) is 10.2 Å². The van der Waals surface area contributed by atoms with E-state index in [0.29, 0.717) is 19.0 Å². The third-order valence-corrected chi connectivity index (χ3v) is 6.34. The molecular formula is C11H23N3O2S. The first-order valence-electron chi connectivity index (χ1n) is 6.51. The van der Waals surface area contributed by atoms with Gasteiger partial charge in [0.2, 0.25) is 0 Å². The quantitative estimate of drug-likeness (QED) is 0.789. The fraction of sp³-hybridized carbons (Fsp3) is 1.00. The lowest BCUT2D eigenvalue weighted by Crippen LogP contribution is -2.50. The monoisotopic (exact) mass is 261 g/mol. The van der Waals surface area contributed by atoms with Gasteiger partial charge in [-0.05, 0) is 25.8 Å². The zero-order valence-electron chi connectivity index (χ0n) is 10.9. The van der Waals surface area contributed by atoms with Crippen LogP contribution in [0.1, 0.15) is 27.2 Å². The third kappa shape index (κ3) is 2.12. The molecule has 2 aliphatic rings. The van der Waals surface area contributed by atoms with Crippen LogP contribution in [0.5, 0.6) is 0 Å². The van der Waals surface area contributed by atoms with Crippen LogP contribution in [0.3, 0.4) is 0 Å². The molecule has 1 N–H and O–H groups in total. The first-order valence-corrected chi connectivity index (χ1v) is 7.91. The van der Waals surface area contributed by atoms with Gasteiger partial charge in [0.1, 0.15) is 0 Å². The predicted octanol–water partition coefficient (Wildman–Crippen LogP) is 0.255. The molecule has 2 fully saturated rings. The summed E-state index contributed by atoms with van der Waals surface area (Å²) in [4.78, 5) is 0. The van der Waals surface area contributed by atoms with Crippen LogP contribution >= 0.6 is 0 Å². The smallest absolute Gasteiger partial charge is 0.282 e. The molecule has 2 rings (SSSR count). The highest BCUT2D eigenvalue weighted by molar-refractivity contribution is 7.86. The molecule has 2 saturated heterocycles. The van der Waals surface area contributed by atoms with E-state index in [1.807, 2.05) is 20.8 Å². The highest BCUT2D eigenvalue weighted by Crippen LogP contribution is 2.35. The van der Waals surface area contributed by atoms with Gasteiger partial charge < -0.3 is 5.32 Å². The molecule has 0 aromatic rings. The Bertz CT molecular complexity index is 367. The van der Waals surface area contributed by atoms with Crippen molar-refractivity contribution in [3.63, 3.8) is 0 Å². The largest absolute Gasteiger partial charge is 0.315 e. The maximum absolute atomic E-state index is 12.6. The minimum absolute atomic E-state index is 0.137. The number of nitrogens with one attached hydrogen (secondary N) is 1. The fourth-order valence-electron chi connectivity index (χ4n) is 3.21. The molecule has 0 radical (unpaired) electrons. The van der Waals surface area contributed by atoms with Gasteiger partial charge in [0.05, 0.1) is 0 Å². The molecule has 17 heavy (non-hydrogen) atoms. The first-order chi connectivity index (χ1) is 8.02. The molecule has 5 nitrogen and oxygen atoms in total. The summed E-state index contributed by atoms with van der Waals surface area (Å²) in [7, 11) is -3.28. The van der Waals surface area contributed by atoms with Crippen molar-refractivity contribution in [2.24, 2.45) is 5.92 Å². The van der Waals surface area contributed by atoms with E-state index in [2.05, 4.69) is 5.32 Å². The molecule has 0 aromatic heterocycles. The lowest BCUT2D eigenvalue weighted by Gasteiger charge is -2.31. The topological polar surface area (TPSA) is 52.7 Å². The van der Waals surface area contributed by atoms with E-state index in [-0.39, 0.29) is 12.1 Å². The Labute approximate surface area is 104 Å². The van der Waals surface area contributed by atoms with Gasteiger partial charge in [0.25, 0.3) is 10.2 Å². The molecule has 0 aliphatic carbocycles. The van der Waals surface area contributed by atoms with E-state index < -0.39 is 10.2 Å². The number of hydrogen-bond acceptors (Lipinski definition) is 3. The molecule has 0 spiro atoms. The Morgan fingerprint density at radius 2 is 1.94 bits per heavy atom. The van der Waals surface area contributed by atoms with Crippen LogP contribution < -0.4 is 5.32 Å². The number of rotatable bonds is 4. The van der Waals surface area contributed by atoms with Crippen LogP contribution in [0, 0.1) is 5.92 Å². The Kier molecular flexibility index (Phi) is 3.77. The van der Waals surface area contributed by atoms with Gasteiger partial charge in [-0.2, -0.15) is 17.0 Å². The zero-order chi connectivity index (χ0) is 12.6. The van der Waals surface area contributed by atoms with E-state index in [1.165, 1.54) is 0 Å². The van der Waals surface area contributed by atoms with Crippen molar-refractivity contribution in [2.75, 3.05) is 26.2 Å². The van der Waals surface area contributed by atoms with Gasteiger partial charge in [-0.15, -0.1) is 0 Å². The second-order valence-electron chi connectivity index (χ2n) is 4.99. The summed E-state index contributed by atoms with van der Waals surface area (Å²) in [5.74, 6) is 0.496. The molecule has 3 unspecified atom stereocenters. The van der Waals surface area contributed by atoms with E-state index in [4.69, 9.17) is 0 Å². The van der Waals surface area contributed by atoms with Crippen molar-refractivity contribution in [1.82, 2.24) is 13.9 Å². The van der Waals surface area contributed by atoms with E-state index >= 15 is 0 Å². The Morgan fingerprint density at radius 1 is 1.29 bits per heavy atom. The molecule has 2 aliphatic heterocycles. The van der Waals surface area contributed by atoms with Crippen molar-refractivity contribution in [3.8, 4) is 0 Å². The lowest BCUT2D eigenvalue weighted by molar-refractivity contribution is 0.297. The van der Waals surface area contributed by atoms with Gasteiger partial charge in [-0.25, -0.2) is 0 Å². The molecule has 100 valence electrons. The van der Waals surface area contributed by atoms with Crippen LogP contribution in [0.2, 0.25) is 0 Å². The number of nitrogens with zero attached hydrogens (tertiary/aromatic N) is 2. The minimum Gasteiger partial charge on any atom is -0.315 e. The van der Waals surface area contributed by atoms with Crippen molar-refractivity contribution in [3.05, 3.63) is 0 Å². The lowest BCUT2D eigenvalue weighted by atomic mass is 10.0. The second kappa shape index (κ2) is 4.84. The maximum atomic E-state index is 12.6. The third-order valence-electron chi connectivity index (χ3n) is 4.01. The maximum Gasteiger partial charge on any atom is 0.282 e. The standard InChI is InChI=1S/C11H23N3O2S/c1-4-13(5-2)17(15,16)14-9(3)6-10-7-12-8-11(10)14/h9-12H,4-8H2,1-3H3. The Balaban J connectivity index is 2.26. The van der Waals surface area contributed by atoms with E-state index in [9.17, 15) is 8.42 Å².